The number of rotatable bonds is 3. The fourth-order valence-corrected chi connectivity index (χ4v) is 4.08. The monoisotopic (exact) mass is 526 g/mol. The van der Waals surface area contributed by atoms with Crippen LogP contribution in [0.15, 0.2) is 27.7 Å². The van der Waals surface area contributed by atoms with Crippen molar-refractivity contribution in [1.29, 1.82) is 0 Å². The summed E-state index contributed by atoms with van der Waals surface area (Å²) in [6, 6.07) is 6.38. The lowest BCUT2D eigenvalue weighted by atomic mass is 10.1. The van der Waals surface area contributed by atoms with Crippen LogP contribution in [0.3, 0.4) is 0 Å². The fraction of sp³-hybridized carbons (Fsp3) is 0.562. The molecule has 2 aliphatic rings. The number of guanidine groups is 1. The van der Waals surface area contributed by atoms with E-state index in [-0.39, 0.29) is 24.0 Å². The molecule has 2 fully saturated rings. The van der Waals surface area contributed by atoms with E-state index in [1.807, 2.05) is 11.8 Å². The molecule has 1 aromatic rings. The number of ether oxygens (including phenoxy) is 1. The van der Waals surface area contributed by atoms with Crippen LogP contribution in [-0.4, -0.2) is 61.8 Å². The maximum absolute atomic E-state index is 6.18. The van der Waals surface area contributed by atoms with E-state index in [1.54, 1.807) is 0 Å². The zero-order chi connectivity index (χ0) is 16.1. The second-order valence-corrected chi connectivity index (χ2v) is 7.79. The Kier molecular flexibility index (Phi) is 8.45. The number of morpholine rings is 1. The van der Waals surface area contributed by atoms with Crippen molar-refractivity contribution in [2.75, 3.05) is 55.8 Å². The summed E-state index contributed by atoms with van der Waals surface area (Å²) in [5, 5.41) is 0. The van der Waals surface area contributed by atoms with Gasteiger partial charge in [-0.05, 0) is 17.7 Å². The number of benzene rings is 1. The lowest BCUT2D eigenvalue weighted by molar-refractivity contribution is 0.122. The van der Waals surface area contributed by atoms with E-state index < -0.39 is 0 Å². The Balaban J connectivity index is 0.00000208. The van der Waals surface area contributed by atoms with Gasteiger partial charge in [0.1, 0.15) is 0 Å². The number of thioether (sulfide) groups is 1. The first kappa shape index (κ1) is 20.1. The van der Waals surface area contributed by atoms with Crippen molar-refractivity contribution in [2.45, 2.75) is 6.54 Å². The van der Waals surface area contributed by atoms with Gasteiger partial charge in [-0.1, -0.05) is 22.0 Å². The molecule has 1 aromatic carbocycles. The number of nitrogens with zero attached hydrogens (tertiary/aromatic N) is 3. The first-order valence-electron chi connectivity index (χ1n) is 7.98. The van der Waals surface area contributed by atoms with E-state index in [1.165, 1.54) is 11.3 Å². The summed E-state index contributed by atoms with van der Waals surface area (Å²) < 4.78 is 6.55. The van der Waals surface area contributed by atoms with Crippen molar-refractivity contribution in [3.63, 3.8) is 0 Å². The van der Waals surface area contributed by atoms with Gasteiger partial charge in [-0.25, -0.2) is 4.99 Å². The summed E-state index contributed by atoms with van der Waals surface area (Å²) in [7, 11) is 0. The molecule has 0 aromatic heterocycles. The molecule has 8 heteroatoms. The molecule has 2 N–H and O–H groups in total. The maximum atomic E-state index is 6.18. The van der Waals surface area contributed by atoms with Crippen LogP contribution in [0.4, 0.5) is 5.69 Å². The SMILES string of the molecule is I.NC(=NCc1ccc(Br)cc1N1CCOCC1)N1CCSCC1. The molecule has 134 valence electrons. The highest BCUT2D eigenvalue weighted by Gasteiger charge is 2.16. The maximum Gasteiger partial charge on any atom is 0.191 e. The highest BCUT2D eigenvalue weighted by Crippen LogP contribution is 2.26. The molecule has 0 bridgehead atoms. The number of hydrogen-bond donors (Lipinski definition) is 1. The summed E-state index contributed by atoms with van der Waals surface area (Å²) in [6.07, 6.45) is 0. The van der Waals surface area contributed by atoms with Gasteiger partial charge in [0.05, 0.1) is 19.8 Å². The number of aliphatic imine (C=N–C) groups is 1. The van der Waals surface area contributed by atoms with E-state index in [0.717, 1.165) is 55.4 Å². The highest BCUT2D eigenvalue weighted by atomic mass is 127. The predicted octanol–water partition coefficient (Wildman–Crippen LogP) is 2.77. The van der Waals surface area contributed by atoms with Gasteiger partial charge >= 0.3 is 0 Å². The second kappa shape index (κ2) is 10.1. The molecule has 24 heavy (non-hydrogen) atoms. The first-order valence-corrected chi connectivity index (χ1v) is 9.92. The van der Waals surface area contributed by atoms with Crippen LogP contribution in [0.25, 0.3) is 0 Å². The minimum Gasteiger partial charge on any atom is -0.378 e. The molecule has 2 saturated heterocycles. The van der Waals surface area contributed by atoms with Crippen LogP contribution >= 0.6 is 51.7 Å². The van der Waals surface area contributed by atoms with E-state index in [0.29, 0.717) is 12.5 Å². The Morgan fingerprint density at radius 2 is 1.92 bits per heavy atom. The normalized spacial score (nSPS) is 19.1. The zero-order valence-electron chi connectivity index (χ0n) is 13.6. The van der Waals surface area contributed by atoms with Crippen molar-refractivity contribution in [2.24, 2.45) is 10.7 Å². The van der Waals surface area contributed by atoms with E-state index >= 15 is 0 Å². The van der Waals surface area contributed by atoms with Crippen LogP contribution < -0.4 is 10.6 Å². The molecule has 2 aliphatic heterocycles. The van der Waals surface area contributed by atoms with Gasteiger partial charge in [0.2, 0.25) is 0 Å². The molecule has 0 atom stereocenters. The smallest absolute Gasteiger partial charge is 0.191 e. The van der Waals surface area contributed by atoms with E-state index in [4.69, 9.17) is 10.5 Å². The van der Waals surface area contributed by atoms with Crippen LogP contribution in [0.1, 0.15) is 5.56 Å². The number of hydrogen-bond acceptors (Lipinski definition) is 4. The van der Waals surface area contributed by atoms with Gasteiger partial charge in [0.15, 0.2) is 5.96 Å². The summed E-state index contributed by atoms with van der Waals surface area (Å²) in [6.45, 7) is 6.02. The van der Waals surface area contributed by atoms with Crippen LogP contribution in [0.2, 0.25) is 0 Å². The Bertz CT molecular complexity index is 563. The minimum absolute atomic E-state index is 0. The van der Waals surface area contributed by atoms with Crippen molar-refractivity contribution in [3.05, 3.63) is 28.2 Å². The molecule has 0 unspecified atom stereocenters. The van der Waals surface area contributed by atoms with Crippen LogP contribution in [0.5, 0.6) is 0 Å². The number of nitrogens with two attached hydrogens (primary N) is 1. The molecular formula is C16H24BrIN4OS. The standard InChI is InChI=1S/C16H23BrN4OS.HI/c17-14-2-1-13(15(11-14)20-3-7-22-8-4-20)12-19-16(18)21-5-9-23-10-6-21;/h1-2,11H,3-10,12H2,(H2,18,19);1H. The molecule has 0 radical (unpaired) electrons. The fourth-order valence-electron chi connectivity index (χ4n) is 2.83. The molecule has 3 rings (SSSR count). The average Bonchev–Trinajstić information content (AvgIpc) is 2.62. The van der Waals surface area contributed by atoms with E-state index in [9.17, 15) is 0 Å². The number of halogens is 2. The summed E-state index contributed by atoms with van der Waals surface area (Å²) in [5.41, 5.74) is 8.62. The third-order valence-electron chi connectivity index (χ3n) is 4.15. The Labute approximate surface area is 173 Å². The van der Waals surface area contributed by atoms with Crippen molar-refractivity contribution in [3.8, 4) is 0 Å². The molecule has 0 amide bonds. The Hall–Kier alpha value is -0.190. The lowest BCUT2D eigenvalue weighted by Gasteiger charge is -2.31. The molecule has 5 nitrogen and oxygen atoms in total. The Morgan fingerprint density at radius 3 is 2.62 bits per heavy atom. The molecule has 0 saturated carbocycles. The highest BCUT2D eigenvalue weighted by molar-refractivity contribution is 14.0. The molecule has 2 heterocycles. The average molecular weight is 527 g/mol. The zero-order valence-corrected chi connectivity index (χ0v) is 18.4. The predicted molar refractivity (Wildman–Crippen MR) is 117 cm³/mol. The topological polar surface area (TPSA) is 54.1 Å². The van der Waals surface area contributed by atoms with Crippen LogP contribution in [0, 0.1) is 0 Å². The van der Waals surface area contributed by atoms with E-state index in [2.05, 4.69) is 48.9 Å². The third kappa shape index (κ3) is 5.40. The van der Waals surface area contributed by atoms with Crippen molar-refractivity contribution in [1.82, 2.24) is 4.90 Å². The molecule has 0 aliphatic carbocycles. The number of anilines is 1. The van der Waals surface area contributed by atoms with Gasteiger partial charge in [0.25, 0.3) is 0 Å². The lowest BCUT2D eigenvalue weighted by Crippen LogP contribution is -2.42. The first-order chi connectivity index (χ1) is 11.2. The summed E-state index contributed by atoms with van der Waals surface area (Å²) in [5.74, 6) is 2.93. The van der Waals surface area contributed by atoms with Crippen molar-refractivity contribution < 1.29 is 4.74 Å². The molecule has 0 spiro atoms. The van der Waals surface area contributed by atoms with Gasteiger partial charge in [-0.2, -0.15) is 11.8 Å². The van der Waals surface area contributed by atoms with Crippen molar-refractivity contribution >= 4 is 63.3 Å². The molecular weight excluding hydrogens is 503 g/mol. The van der Waals surface area contributed by atoms with Gasteiger partial charge in [0, 0.05) is 47.8 Å². The van der Waals surface area contributed by atoms with Gasteiger partial charge < -0.3 is 20.3 Å². The van der Waals surface area contributed by atoms with Crippen LogP contribution in [-0.2, 0) is 11.3 Å². The Morgan fingerprint density at radius 1 is 1.21 bits per heavy atom. The second-order valence-electron chi connectivity index (χ2n) is 5.65. The summed E-state index contributed by atoms with van der Waals surface area (Å²) >= 11 is 5.55. The third-order valence-corrected chi connectivity index (χ3v) is 5.58. The quantitative estimate of drug-likeness (QED) is 0.373. The van der Waals surface area contributed by atoms with Gasteiger partial charge in [-0.3, -0.25) is 0 Å². The largest absolute Gasteiger partial charge is 0.378 e. The van der Waals surface area contributed by atoms with Gasteiger partial charge in [-0.15, -0.1) is 24.0 Å². The minimum atomic E-state index is 0. The summed E-state index contributed by atoms with van der Waals surface area (Å²) in [4.78, 5) is 9.19.